The van der Waals surface area contributed by atoms with Gasteiger partial charge in [-0.25, -0.2) is 4.98 Å². The summed E-state index contributed by atoms with van der Waals surface area (Å²) in [6.07, 6.45) is 8.69. The Morgan fingerprint density at radius 3 is 2.67 bits per heavy atom. The van der Waals surface area contributed by atoms with E-state index in [0.29, 0.717) is 0 Å². The van der Waals surface area contributed by atoms with Crippen molar-refractivity contribution < 1.29 is 4.79 Å². The highest BCUT2D eigenvalue weighted by molar-refractivity contribution is 5.90. The van der Waals surface area contributed by atoms with Crippen LogP contribution in [0.2, 0.25) is 0 Å². The first kappa shape index (κ1) is 14.5. The van der Waals surface area contributed by atoms with Crippen LogP contribution in [-0.2, 0) is 0 Å². The van der Waals surface area contributed by atoms with Crippen molar-refractivity contribution in [3.05, 3.63) is 30.5 Å². The molecule has 0 aliphatic rings. The summed E-state index contributed by atoms with van der Waals surface area (Å²) in [5.41, 5.74) is 0.902. The van der Waals surface area contributed by atoms with E-state index in [-0.39, 0.29) is 11.3 Å². The largest absolute Gasteiger partial charge is 0.388 e. The average Bonchev–Trinajstić information content (AvgIpc) is 2.79. The van der Waals surface area contributed by atoms with Crippen LogP contribution >= 0.6 is 0 Å². The second kappa shape index (κ2) is 6.38. The van der Waals surface area contributed by atoms with Gasteiger partial charge in [-0.3, -0.25) is 9.36 Å². The smallest absolute Gasteiger partial charge is 0.257 e. The molecular formula is C14H23N3O. The lowest BCUT2D eigenvalue weighted by molar-refractivity contribution is 0.0965. The molecule has 4 heteroatoms. The van der Waals surface area contributed by atoms with Crippen molar-refractivity contribution in [3.63, 3.8) is 0 Å². The molecule has 0 aliphatic heterocycles. The predicted molar refractivity (Wildman–Crippen MR) is 73.3 cm³/mol. The first-order valence-corrected chi connectivity index (χ1v) is 6.43. The van der Waals surface area contributed by atoms with E-state index < -0.39 is 0 Å². The van der Waals surface area contributed by atoms with Crippen molar-refractivity contribution in [1.29, 1.82) is 0 Å². The van der Waals surface area contributed by atoms with Crippen LogP contribution < -0.4 is 5.32 Å². The summed E-state index contributed by atoms with van der Waals surface area (Å²) in [4.78, 5) is 15.9. The van der Waals surface area contributed by atoms with Crippen molar-refractivity contribution in [2.75, 3.05) is 6.54 Å². The maximum absolute atomic E-state index is 12.0. The SMILES string of the molecule is CCCCN/C(=C\C(=O)n1ccnc1)C(C)(C)C. The van der Waals surface area contributed by atoms with E-state index >= 15 is 0 Å². The second-order valence-corrected chi connectivity index (χ2v) is 5.40. The fourth-order valence-electron chi connectivity index (χ4n) is 1.52. The molecule has 100 valence electrons. The van der Waals surface area contributed by atoms with Gasteiger partial charge in [0.2, 0.25) is 0 Å². The third-order valence-electron chi connectivity index (χ3n) is 2.68. The number of hydrogen-bond donors (Lipinski definition) is 1. The van der Waals surface area contributed by atoms with E-state index in [0.717, 1.165) is 25.1 Å². The van der Waals surface area contributed by atoms with Crippen molar-refractivity contribution in [3.8, 4) is 0 Å². The Balaban J connectivity index is 2.79. The van der Waals surface area contributed by atoms with Crippen LogP contribution in [0.4, 0.5) is 0 Å². The summed E-state index contributed by atoms with van der Waals surface area (Å²) >= 11 is 0. The Morgan fingerprint density at radius 1 is 1.44 bits per heavy atom. The quantitative estimate of drug-likeness (QED) is 0.644. The minimum atomic E-state index is -0.0681. The topological polar surface area (TPSA) is 46.9 Å². The summed E-state index contributed by atoms with van der Waals surface area (Å²) in [5, 5.41) is 3.36. The standard InChI is InChI=1S/C14H23N3O/c1-5-6-7-16-12(14(2,3)4)10-13(18)17-9-8-15-11-17/h8-11,16H,5-7H2,1-4H3/b12-10-. The molecule has 0 saturated heterocycles. The second-order valence-electron chi connectivity index (χ2n) is 5.40. The van der Waals surface area contributed by atoms with E-state index in [2.05, 4.69) is 38.0 Å². The van der Waals surface area contributed by atoms with Gasteiger partial charge in [-0.15, -0.1) is 0 Å². The van der Waals surface area contributed by atoms with Gasteiger partial charge in [-0.05, 0) is 6.42 Å². The Labute approximate surface area is 109 Å². The van der Waals surface area contributed by atoms with Crippen LogP contribution in [0.1, 0.15) is 45.3 Å². The molecule has 1 N–H and O–H groups in total. The van der Waals surface area contributed by atoms with E-state index in [4.69, 9.17) is 0 Å². The molecule has 1 heterocycles. The van der Waals surface area contributed by atoms with Crippen molar-refractivity contribution in [2.24, 2.45) is 5.41 Å². The zero-order valence-electron chi connectivity index (χ0n) is 11.7. The van der Waals surface area contributed by atoms with Gasteiger partial charge >= 0.3 is 0 Å². The summed E-state index contributed by atoms with van der Waals surface area (Å²) in [6.45, 7) is 9.34. The van der Waals surface area contributed by atoms with E-state index in [1.807, 2.05) is 0 Å². The zero-order chi connectivity index (χ0) is 13.6. The fraction of sp³-hybridized carbons (Fsp3) is 0.571. The highest BCUT2D eigenvalue weighted by Crippen LogP contribution is 2.22. The number of aromatic nitrogens is 2. The maximum atomic E-state index is 12.0. The minimum absolute atomic E-state index is 0.0655. The molecule has 0 fully saturated rings. The molecule has 0 bridgehead atoms. The number of imidazole rings is 1. The molecule has 4 nitrogen and oxygen atoms in total. The number of carbonyl (C=O) groups excluding carboxylic acids is 1. The number of hydrogen-bond acceptors (Lipinski definition) is 3. The number of carbonyl (C=O) groups is 1. The average molecular weight is 249 g/mol. The molecule has 1 aromatic heterocycles. The number of unbranched alkanes of at least 4 members (excludes halogenated alkanes) is 1. The lowest BCUT2D eigenvalue weighted by Crippen LogP contribution is -2.27. The third-order valence-corrected chi connectivity index (χ3v) is 2.68. The molecule has 18 heavy (non-hydrogen) atoms. The van der Waals surface area contributed by atoms with Gasteiger partial charge in [0.25, 0.3) is 5.91 Å². The van der Waals surface area contributed by atoms with Gasteiger partial charge < -0.3 is 5.32 Å². The van der Waals surface area contributed by atoms with Gasteiger partial charge in [-0.2, -0.15) is 0 Å². The van der Waals surface area contributed by atoms with Crippen LogP contribution in [0.5, 0.6) is 0 Å². The fourth-order valence-corrected chi connectivity index (χ4v) is 1.52. The van der Waals surface area contributed by atoms with Crippen LogP contribution in [0.15, 0.2) is 30.5 Å². The first-order valence-electron chi connectivity index (χ1n) is 6.43. The summed E-state index contributed by atoms with van der Waals surface area (Å²) in [7, 11) is 0. The van der Waals surface area contributed by atoms with Gasteiger partial charge in [0.1, 0.15) is 6.33 Å². The van der Waals surface area contributed by atoms with Crippen molar-refractivity contribution >= 4 is 5.91 Å². The molecule has 0 spiro atoms. The first-order chi connectivity index (χ1) is 8.45. The van der Waals surface area contributed by atoms with Gasteiger partial charge in [0, 0.05) is 36.1 Å². The molecular weight excluding hydrogens is 226 g/mol. The molecule has 0 unspecified atom stereocenters. The molecule has 0 aliphatic carbocycles. The van der Waals surface area contributed by atoms with Crippen molar-refractivity contribution in [2.45, 2.75) is 40.5 Å². The Kier molecular flexibility index (Phi) is 5.13. The number of nitrogens with one attached hydrogen (secondary N) is 1. The highest BCUT2D eigenvalue weighted by Gasteiger charge is 2.18. The highest BCUT2D eigenvalue weighted by atomic mass is 16.1. The lowest BCUT2D eigenvalue weighted by atomic mass is 9.91. The molecule has 0 amide bonds. The Hall–Kier alpha value is -1.58. The van der Waals surface area contributed by atoms with Crippen LogP contribution in [-0.4, -0.2) is 22.0 Å². The predicted octanol–water partition coefficient (Wildman–Crippen LogP) is 2.84. The Morgan fingerprint density at radius 2 is 2.17 bits per heavy atom. The minimum Gasteiger partial charge on any atom is -0.388 e. The molecule has 1 rings (SSSR count). The molecule has 0 saturated carbocycles. The molecule has 0 aromatic carbocycles. The number of rotatable bonds is 5. The van der Waals surface area contributed by atoms with E-state index in [1.54, 1.807) is 18.5 Å². The van der Waals surface area contributed by atoms with Gasteiger partial charge in [0.05, 0.1) is 0 Å². The van der Waals surface area contributed by atoms with Crippen LogP contribution in [0.25, 0.3) is 0 Å². The van der Waals surface area contributed by atoms with Gasteiger partial charge in [-0.1, -0.05) is 34.1 Å². The van der Waals surface area contributed by atoms with Crippen LogP contribution in [0.3, 0.4) is 0 Å². The molecule has 1 aromatic rings. The molecule has 0 atom stereocenters. The summed E-state index contributed by atoms with van der Waals surface area (Å²) in [6, 6.07) is 0. The molecule has 0 radical (unpaired) electrons. The zero-order valence-corrected chi connectivity index (χ0v) is 11.7. The lowest BCUT2D eigenvalue weighted by Gasteiger charge is -2.24. The van der Waals surface area contributed by atoms with Gasteiger partial charge in [0.15, 0.2) is 0 Å². The number of allylic oxidation sites excluding steroid dienone is 2. The van der Waals surface area contributed by atoms with E-state index in [9.17, 15) is 4.79 Å². The normalized spacial score (nSPS) is 12.6. The summed E-state index contributed by atoms with van der Waals surface area (Å²) in [5.74, 6) is -0.0681. The maximum Gasteiger partial charge on any atom is 0.257 e. The monoisotopic (exact) mass is 249 g/mol. The third kappa shape index (κ3) is 4.35. The number of nitrogens with zero attached hydrogens (tertiary/aromatic N) is 2. The summed E-state index contributed by atoms with van der Waals surface area (Å²) < 4.78 is 1.48. The van der Waals surface area contributed by atoms with Crippen LogP contribution in [0, 0.1) is 5.41 Å². The van der Waals surface area contributed by atoms with Crippen molar-refractivity contribution in [1.82, 2.24) is 14.9 Å². The Bertz CT molecular complexity index is 399. The van der Waals surface area contributed by atoms with E-state index in [1.165, 1.54) is 10.9 Å².